The number of β-amino-alcohol motifs (C(OH)–C–C–N with tert-alkyl or cyclic N) is 1. The molecular weight excluding hydrogens is 518 g/mol. The molecule has 1 aromatic carbocycles. The van der Waals surface area contributed by atoms with Crippen LogP contribution >= 0.6 is 11.3 Å². The van der Waals surface area contributed by atoms with Gasteiger partial charge in [-0.25, -0.2) is 4.98 Å². The van der Waals surface area contributed by atoms with E-state index >= 15 is 0 Å². The van der Waals surface area contributed by atoms with Gasteiger partial charge in [0.15, 0.2) is 10.9 Å². The number of anilines is 1. The van der Waals surface area contributed by atoms with Gasteiger partial charge in [-0.15, -0.1) is 11.3 Å². The molecule has 11 heteroatoms. The Bertz CT molecular complexity index is 1220. The van der Waals surface area contributed by atoms with Gasteiger partial charge in [0.25, 0.3) is 5.91 Å². The van der Waals surface area contributed by atoms with Crippen LogP contribution < -0.4 is 10.2 Å². The van der Waals surface area contributed by atoms with Gasteiger partial charge < -0.3 is 29.9 Å². The van der Waals surface area contributed by atoms with Gasteiger partial charge in [-0.1, -0.05) is 32.9 Å². The van der Waals surface area contributed by atoms with Crippen molar-refractivity contribution >= 4 is 34.1 Å². The molecule has 0 bridgehead atoms. The fourth-order valence-electron chi connectivity index (χ4n) is 5.44. The third kappa shape index (κ3) is 6.01. The number of nitrogens with one attached hydrogen (secondary N) is 1. The van der Waals surface area contributed by atoms with Gasteiger partial charge in [-0.2, -0.15) is 0 Å². The Hall–Kier alpha value is -2.86. The van der Waals surface area contributed by atoms with Crippen molar-refractivity contribution < 1.29 is 24.2 Å². The molecule has 4 heterocycles. The summed E-state index contributed by atoms with van der Waals surface area (Å²) < 4.78 is 5.41. The lowest BCUT2D eigenvalue weighted by Crippen LogP contribution is -2.53. The number of piperazine rings is 1. The largest absolute Gasteiger partial charge is 0.388 e. The number of ketones is 1. The predicted octanol–water partition coefficient (Wildman–Crippen LogP) is 1.64. The van der Waals surface area contributed by atoms with Crippen LogP contribution in [0, 0.1) is 5.41 Å². The maximum Gasteiger partial charge on any atom is 0.251 e. The summed E-state index contributed by atoms with van der Waals surface area (Å²) in [5.41, 5.74) is 1.95. The first-order valence-corrected chi connectivity index (χ1v) is 14.3. The first-order valence-electron chi connectivity index (χ1n) is 13.4. The van der Waals surface area contributed by atoms with Gasteiger partial charge >= 0.3 is 0 Å². The fourth-order valence-corrected chi connectivity index (χ4v) is 6.33. The smallest absolute Gasteiger partial charge is 0.251 e. The molecule has 2 amide bonds. The van der Waals surface area contributed by atoms with E-state index in [0.29, 0.717) is 12.0 Å². The van der Waals surface area contributed by atoms with E-state index in [4.69, 9.17) is 9.72 Å². The Morgan fingerprint density at radius 1 is 1.18 bits per heavy atom. The summed E-state index contributed by atoms with van der Waals surface area (Å²) in [5, 5.41) is 16.3. The van der Waals surface area contributed by atoms with Crippen LogP contribution in [-0.4, -0.2) is 108 Å². The number of nitrogens with zero attached hydrogens (tertiary/aromatic N) is 4. The van der Waals surface area contributed by atoms with Crippen molar-refractivity contribution in [3.8, 4) is 11.3 Å². The van der Waals surface area contributed by atoms with E-state index in [2.05, 4.69) is 22.2 Å². The molecule has 0 radical (unpaired) electrons. The van der Waals surface area contributed by atoms with E-state index in [1.807, 2.05) is 38.3 Å². The van der Waals surface area contributed by atoms with Crippen LogP contribution in [0.15, 0.2) is 29.6 Å². The Balaban J connectivity index is 1.28. The summed E-state index contributed by atoms with van der Waals surface area (Å²) in [6.07, 6.45) is -1.25. The lowest BCUT2D eigenvalue weighted by molar-refractivity contribution is -0.138. The van der Waals surface area contributed by atoms with Crippen LogP contribution in [-0.2, 0) is 14.3 Å². The van der Waals surface area contributed by atoms with Gasteiger partial charge in [-0.3, -0.25) is 14.4 Å². The van der Waals surface area contributed by atoms with Gasteiger partial charge in [0.05, 0.1) is 12.2 Å². The van der Waals surface area contributed by atoms with Crippen molar-refractivity contribution in [2.45, 2.75) is 51.5 Å². The number of hydrogen-bond acceptors (Lipinski definition) is 9. The molecule has 0 aliphatic carbocycles. The number of rotatable bonds is 6. The lowest BCUT2D eigenvalue weighted by Gasteiger charge is -2.32. The zero-order chi connectivity index (χ0) is 27.9. The monoisotopic (exact) mass is 555 g/mol. The van der Waals surface area contributed by atoms with Gasteiger partial charge in [0.2, 0.25) is 5.91 Å². The molecular formula is C28H37N5O5S. The molecule has 3 fully saturated rings. The fraction of sp³-hybridized carbons (Fsp3) is 0.571. The number of carbonyl (C=O) groups excluding carboxylic acids is 3. The maximum atomic E-state index is 13.6. The van der Waals surface area contributed by atoms with E-state index < -0.39 is 24.3 Å². The molecule has 2 aromatic rings. The van der Waals surface area contributed by atoms with Gasteiger partial charge in [-0.05, 0) is 31.0 Å². The number of aliphatic hydroxyl groups is 1. The van der Waals surface area contributed by atoms with E-state index in [1.165, 1.54) is 4.90 Å². The van der Waals surface area contributed by atoms with Crippen molar-refractivity contribution in [2.24, 2.45) is 5.41 Å². The highest BCUT2D eigenvalue weighted by Gasteiger charge is 2.53. The average Bonchev–Trinajstić information content (AvgIpc) is 3.61. The van der Waals surface area contributed by atoms with Crippen LogP contribution in [0.5, 0.6) is 0 Å². The number of thiazole rings is 1. The number of likely N-dealkylation sites (tertiary alicyclic amines) is 1. The number of fused-ring (bicyclic) bond motifs is 1. The highest BCUT2D eigenvalue weighted by atomic mass is 32.1. The predicted molar refractivity (Wildman–Crippen MR) is 149 cm³/mol. The van der Waals surface area contributed by atoms with Crippen molar-refractivity contribution in [3.05, 3.63) is 35.2 Å². The normalized spacial score (nSPS) is 24.6. The molecule has 1 aromatic heterocycles. The Morgan fingerprint density at radius 2 is 1.87 bits per heavy atom. The highest BCUT2D eigenvalue weighted by Crippen LogP contribution is 2.31. The number of carbonyl (C=O) groups is 3. The minimum atomic E-state index is -0.925. The molecule has 0 spiro atoms. The lowest BCUT2D eigenvalue weighted by atomic mass is 9.87. The Morgan fingerprint density at radius 3 is 2.54 bits per heavy atom. The molecule has 5 rings (SSSR count). The second-order valence-electron chi connectivity index (χ2n) is 11.9. The third-order valence-electron chi connectivity index (χ3n) is 7.57. The number of amides is 2. The Labute approximate surface area is 232 Å². The van der Waals surface area contributed by atoms with Crippen molar-refractivity contribution in [1.29, 1.82) is 0 Å². The molecule has 2 N–H and O–H groups in total. The second-order valence-corrected chi connectivity index (χ2v) is 12.8. The average molecular weight is 556 g/mol. The van der Waals surface area contributed by atoms with E-state index in [1.54, 1.807) is 23.5 Å². The summed E-state index contributed by atoms with van der Waals surface area (Å²) in [6.45, 7) is 9.80. The van der Waals surface area contributed by atoms with Gasteiger partial charge in [0.1, 0.15) is 30.9 Å². The number of Topliss-reactive ketones (excluding diaryl/α,β-unsaturated/α-hetero) is 1. The first-order chi connectivity index (χ1) is 18.5. The van der Waals surface area contributed by atoms with Gasteiger partial charge in [0, 0.05) is 42.7 Å². The summed E-state index contributed by atoms with van der Waals surface area (Å²) in [4.78, 5) is 50.0. The molecule has 3 saturated heterocycles. The van der Waals surface area contributed by atoms with E-state index in [0.717, 1.165) is 42.6 Å². The van der Waals surface area contributed by atoms with E-state index in [9.17, 15) is 19.5 Å². The van der Waals surface area contributed by atoms with Crippen molar-refractivity contribution in [2.75, 3.05) is 51.3 Å². The van der Waals surface area contributed by atoms with Crippen LogP contribution in [0.25, 0.3) is 11.3 Å². The standard InChI is InChI=1S/C28H37N5O5S/c1-28(2,3)13-19(26(37)33-14-21(34)24-23(33)22(35)15-38-24)29-25(36)18-7-5-17(6-8-18)20-16-39-27(30-20)32-11-9-31(4)10-12-32/h5-8,16,19,21,23-24,34H,9-15H2,1-4H3,(H,29,36)/t19-,21-,23+,24+/m0/s1. The molecule has 0 unspecified atom stereocenters. The van der Waals surface area contributed by atoms with Crippen LogP contribution in [0.1, 0.15) is 37.6 Å². The number of aromatic nitrogens is 1. The van der Waals surface area contributed by atoms with Crippen LogP contribution in [0.4, 0.5) is 5.13 Å². The molecule has 39 heavy (non-hydrogen) atoms. The highest BCUT2D eigenvalue weighted by molar-refractivity contribution is 7.14. The number of aliphatic hydroxyl groups excluding tert-OH is 1. The first kappa shape index (κ1) is 27.7. The number of benzene rings is 1. The quantitative estimate of drug-likeness (QED) is 0.553. The minimum Gasteiger partial charge on any atom is -0.388 e. The number of likely N-dealkylation sites (N-methyl/N-ethyl adjacent to an activating group) is 1. The SMILES string of the molecule is CN1CCN(c2nc(-c3ccc(C(=O)N[C@@H](CC(C)(C)C)C(=O)N4C[C@H](O)[C@H]5OCC(=O)[C@H]54)cc3)cs2)CC1. The molecule has 10 nitrogen and oxygen atoms in total. The molecule has 0 saturated carbocycles. The summed E-state index contributed by atoms with van der Waals surface area (Å²) in [7, 11) is 2.13. The zero-order valence-corrected chi connectivity index (χ0v) is 23.7. The molecule has 3 aliphatic rings. The Kier molecular flexibility index (Phi) is 7.78. The number of hydrogen-bond donors (Lipinski definition) is 2. The second kappa shape index (κ2) is 11.0. The maximum absolute atomic E-state index is 13.6. The summed E-state index contributed by atoms with van der Waals surface area (Å²) >= 11 is 1.62. The molecule has 4 atom stereocenters. The molecule has 3 aliphatic heterocycles. The minimum absolute atomic E-state index is 0.00880. The van der Waals surface area contributed by atoms with E-state index in [-0.39, 0.29) is 36.2 Å². The third-order valence-corrected chi connectivity index (χ3v) is 8.47. The van der Waals surface area contributed by atoms with Crippen molar-refractivity contribution in [3.63, 3.8) is 0 Å². The van der Waals surface area contributed by atoms with Crippen molar-refractivity contribution in [1.82, 2.24) is 20.1 Å². The zero-order valence-electron chi connectivity index (χ0n) is 22.9. The topological polar surface area (TPSA) is 115 Å². The number of ether oxygens (including phenoxy) is 1. The summed E-state index contributed by atoms with van der Waals surface area (Å²) in [5.74, 6) is -0.968. The van der Waals surface area contributed by atoms with Crippen LogP contribution in [0.2, 0.25) is 0 Å². The summed E-state index contributed by atoms with van der Waals surface area (Å²) in [6, 6.07) is 5.56. The molecule has 210 valence electrons. The van der Waals surface area contributed by atoms with Crippen LogP contribution in [0.3, 0.4) is 0 Å².